The van der Waals surface area contributed by atoms with Crippen molar-refractivity contribution in [3.8, 4) is 0 Å². The Morgan fingerprint density at radius 2 is 2.12 bits per heavy atom. The standard InChI is InChI=1S/C13H15NO3/c1-17-10-6-9-5-8-3-2-4-11(8)13(14(15)16)12(9)7-10/h5,10H,2-4,6-7H2,1H3. The summed E-state index contributed by atoms with van der Waals surface area (Å²) in [6.45, 7) is 0. The summed E-state index contributed by atoms with van der Waals surface area (Å²) in [5.41, 5.74) is 4.60. The highest BCUT2D eigenvalue weighted by Crippen LogP contribution is 2.40. The second kappa shape index (κ2) is 3.81. The first kappa shape index (κ1) is 10.7. The van der Waals surface area contributed by atoms with Gasteiger partial charge in [-0.2, -0.15) is 0 Å². The maximum absolute atomic E-state index is 11.3. The van der Waals surface area contributed by atoms with E-state index in [1.54, 1.807) is 7.11 Å². The summed E-state index contributed by atoms with van der Waals surface area (Å²) in [5.74, 6) is 0. The molecule has 2 aliphatic rings. The molecule has 1 atom stereocenters. The zero-order valence-corrected chi connectivity index (χ0v) is 9.86. The minimum Gasteiger partial charge on any atom is -0.381 e. The molecule has 0 N–H and O–H groups in total. The molecule has 0 heterocycles. The van der Waals surface area contributed by atoms with E-state index in [0.29, 0.717) is 12.1 Å². The number of methoxy groups -OCH3 is 1. The number of aryl methyl sites for hydroxylation is 1. The second-order valence-corrected chi connectivity index (χ2v) is 4.88. The predicted molar refractivity (Wildman–Crippen MR) is 63.3 cm³/mol. The number of hydrogen-bond donors (Lipinski definition) is 0. The molecule has 3 rings (SSSR count). The predicted octanol–water partition coefficient (Wildman–Crippen LogP) is 2.20. The van der Waals surface area contributed by atoms with Gasteiger partial charge in [-0.05, 0) is 36.8 Å². The highest BCUT2D eigenvalue weighted by Gasteiger charge is 2.34. The van der Waals surface area contributed by atoms with Gasteiger partial charge in [0.05, 0.1) is 11.0 Å². The third-order valence-electron chi connectivity index (χ3n) is 3.96. The summed E-state index contributed by atoms with van der Waals surface area (Å²) in [7, 11) is 1.68. The molecule has 2 aliphatic carbocycles. The number of nitro groups is 1. The van der Waals surface area contributed by atoms with Gasteiger partial charge in [-0.1, -0.05) is 6.07 Å². The van der Waals surface area contributed by atoms with Crippen LogP contribution in [0.4, 0.5) is 5.69 Å². The molecule has 4 nitrogen and oxygen atoms in total. The van der Waals surface area contributed by atoms with Crippen LogP contribution in [0.25, 0.3) is 0 Å². The molecule has 0 bridgehead atoms. The topological polar surface area (TPSA) is 52.4 Å². The number of hydrogen-bond acceptors (Lipinski definition) is 3. The van der Waals surface area contributed by atoms with E-state index in [9.17, 15) is 10.1 Å². The van der Waals surface area contributed by atoms with Crippen molar-refractivity contribution < 1.29 is 9.66 Å². The van der Waals surface area contributed by atoms with Crippen LogP contribution in [0.2, 0.25) is 0 Å². The van der Waals surface area contributed by atoms with Crippen LogP contribution in [0.3, 0.4) is 0 Å². The largest absolute Gasteiger partial charge is 0.381 e. The lowest BCUT2D eigenvalue weighted by Crippen LogP contribution is -2.09. The lowest BCUT2D eigenvalue weighted by atomic mass is 9.99. The molecule has 17 heavy (non-hydrogen) atoms. The van der Waals surface area contributed by atoms with Crippen LogP contribution < -0.4 is 0 Å². The molecule has 0 aliphatic heterocycles. The summed E-state index contributed by atoms with van der Waals surface area (Å²) in [5, 5.41) is 11.3. The Labute approximate surface area is 99.7 Å². The van der Waals surface area contributed by atoms with Crippen LogP contribution in [0.1, 0.15) is 28.7 Å². The monoisotopic (exact) mass is 233 g/mol. The molecule has 90 valence electrons. The van der Waals surface area contributed by atoms with Crippen LogP contribution in [0, 0.1) is 10.1 Å². The second-order valence-electron chi connectivity index (χ2n) is 4.88. The Bertz CT molecular complexity index is 496. The smallest absolute Gasteiger partial charge is 0.276 e. The van der Waals surface area contributed by atoms with Gasteiger partial charge in [0.25, 0.3) is 5.69 Å². The van der Waals surface area contributed by atoms with Crippen LogP contribution in [-0.2, 0) is 30.4 Å². The van der Waals surface area contributed by atoms with Crippen molar-refractivity contribution in [3.05, 3.63) is 38.4 Å². The summed E-state index contributed by atoms with van der Waals surface area (Å²) >= 11 is 0. The van der Waals surface area contributed by atoms with Crippen molar-refractivity contribution in [2.45, 2.75) is 38.2 Å². The molecule has 0 aromatic heterocycles. The molecule has 0 saturated carbocycles. The van der Waals surface area contributed by atoms with E-state index in [2.05, 4.69) is 6.07 Å². The molecule has 1 aromatic rings. The molecule has 0 saturated heterocycles. The minimum absolute atomic E-state index is 0.117. The van der Waals surface area contributed by atoms with Gasteiger partial charge < -0.3 is 4.74 Å². The van der Waals surface area contributed by atoms with Gasteiger partial charge in [-0.25, -0.2) is 0 Å². The molecular weight excluding hydrogens is 218 g/mol. The van der Waals surface area contributed by atoms with Crippen molar-refractivity contribution >= 4 is 5.69 Å². The quantitative estimate of drug-likeness (QED) is 0.581. The normalized spacial score (nSPS) is 21.4. The van der Waals surface area contributed by atoms with Gasteiger partial charge in [-0.3, -0.25) is 10.1 Å². The molecule has 0 amide bonds. The summed E-state index contributed by atoms with van der Waals surface area (Å²) in [6.07, 6.45) is 4.52. The molecule has 1 aromatic carbocycles. The van der Waals surface area contributed by atoms with E-state index in [0.717, 1.165) is 42.4 Å². The third kappa shape index (κ3) is 1.55. The fourth-order valence-electron chi connectivity index (χ4n) is 3.17. The van der Waals surface area contributed by atoms with Crippen molar-refractivity contribution in [3.63, 3.8) is 0 Å². The first-order valence-electron chi connectivity index (χ1n) is 6.04. The maximum Gasteiger partial charge on any atom is 0.276 e. The number of nitro benzene ring substituents is 1. The Hall–Kier alpha value is -1.42. The number of rotatable bonds is 2. The highest BCUT2D eigenvalue weighted by molar-refractivity contribution is 5.59. The van der Waals surface area contributed by atoms with Crippen LogP contribution >= 0.6 is 0 Å². The van der Waals surface area contributed by atoms with E-state index in [1.165, 1.54) is 5.56 Å². The first-order chi connectivity index (χ1) is 8.20. The fraction of sp³-hybridized carbons (Fsp3) is 0.538. The van der Waals surface area contributed by atoms with Gasteiger partial charge >= 0.3 is 0 Å². The number of benzene rings is 1. The lowest BCUT2D eigenvalue weighted by molar-refractivity contribution is -0.386. The van der Waals surface area contributed by atoms with Gasteiger partial charge in [-0.15, -0.1) is 0 Å². The first-order valence-corrected chi connectivity index (χ1v) is 6.04. The fourth-order valence-corrected chi connectivity index (χ4v) is 3.17. The average molecular weight is 233 g/mol. The lowest BCUT2D eigenvalue weighted by Gasteiger charge is -2.06. The number of ether oxygens (including phenoxy) is 1. The molecule has 4 heteroatoms. The molecule has 0 fully saturated rings. The highest BCUT2D eigenvalue weighted by atomic mass is 16.6. The van der Waals surface area contributed by atoms with Crippen molar-refractivity contribution in [2.75, 3.05) is 7.11 Å². The Balaban J connectivity index is 2.16. The number of fused-ring (bicyclic) bond motifs is 2. The Kier molecular flexibility index (Phi) is 2.40. The number of nitrogens with zero attached hydrogens (tertiary/aromatic N) is 1. The summed E-state index contributed by atoms with van der Waals surface area (Å²) < 4.78 is 5.34. The van der Waals surface area contributed by atoms with E-state index in [1.807, 2.05) is 0 Å². The van der Waals surface area contributed by atoms with E-state index >= 15 is 0 Å². The van der Waals surface area contributed by atoms with E-state index < -0.39 is 0 Å². The van der Waals surface area contributed by atoms with Gasteiger partial charge in [0.1, 0.15) is 0 Å². The molecule has 0 radical (unpaired) electrons. The average Bonchev–Trinajstić information content (AvgIpc) is 2.89. The third-order valence-corrected chi connectivity index (χ3v) is 3.96. The van der Waals surface area contributed by atoms with Crippen LogP contribution in [-0.4, -0.2) is 18.1 Å². The molecule has 1 unspecified atom stereocenters. The molecule has 0 spiro atoms. The summed E-state index contributed by atoms with van der Waals surface area (Å²) in [4.78, 5) is 11.1. The van der Waals surface area contributed by atoms with Crippen molar-refractivity contribution in [2.24, 2.45) is 0 Å². The van der Waals surface area contributed by atoms with Crippen molar-refractivity contribution in [1.82, 2.24) is 0 Å². The maximum atomic E-state index is 11.3. The Morgan fingerprint density at radius 1 is 1.29 bits per heavy atom. The molecular formula is C13H15NO3. The van der Waals surface area contributed by atoms with Crippen molar-refractivity contribution in [1.29, 1.82) is 0 Å². The van der Waals surface area contributed by atoms with Gasteiger partial charge in [0, 0.05) is 24.7 Å². The minimum atomic E-state index is -0.193. The van der Waals surface area contributed by atoms with Crippen LogP contribution in [0.15, 0.2) is 6.07 Å². The van der Waals surface area contributed by atoms with E-state index in [-0.39, 0.29) is 11.0 Å². The van der Waals surface area contributed by atoms with E-state index in [4.69, 9.17) is 4.74 Å². The Morgan fingerprint density at radius 3 is 2.82 bits per heavy atom. The summed E-state index contributed by atoms with van der Waals surface area (Å²) in [6, 6.07) is 2.17. The zero-order valence-electron chi connectivity index (χ0n) is 9.86. The van der Waals surface area contributed by atoms with Gasteiger partial charge in [0.2, 0.25) is 0 Å². The SMILES string of the molecule is COC1Cc2cc3c(c([N+](=O)[O-])c2C1)CCC3. The van der Waals surface area contributed by atoms with Gasteiger partial charge in [0.15, 0.2) is 0 Å². The van der Waals surface area contributed by atoms with Crippen LogP contribution in [0.5, 0.6) is 0 Å². The zero-order chi connectivity index (χ0) is 12.0.